The van der Waals surface area contributed by atoms with Gasteiger partial charge in [0.1, 0.15) is 11.4 Å². The standard InChI is InChI=1S/C19H19N3O4S/c1-11-12(9-16-18(24)22-19(25)27-16)7-8-14(21-11)17(23)20-10-13-5-3-4-6-15(13)26-2/h3-8,16H,9-10H2,1-2H3,(H,20,23)(H,22,24,25). The Bertz CT molecular complexity index is 900. The second-order valence-electron chi connectivity index (χ2n) is 6.02. The predicted molar refractivity (Wildman–Crippen MR) is 102 cm³/mol. The predicted octanol–water partition coefficient (Wildman–Crippen LogP) is 2.22. The summed E-state index contributed by atoms with van der Waals surface area (Å²) in [5, 5.41) is 4.31. The first kappa shape index (κ1) is 18.9. The number of benzene rings is 1. The van der Waals surface area contributed by atoms with Crippen LogP contribution in [0.25, 0.3) is 0 Å². The number of ether oxygens (including phenoxy) is 1. The molecule has 1 aromatic heterocycles. The molecule has 0 saturated carbocycles. The topological polar surface area (TPSA) is 97.4 Å². The molecule has 2 N–H and O–H groups in total. The zero-order valence-corrected chi connectivity index (χ0v) is 15.8. The van der Waals surface area contributed by atoms with E-state index in [9.17, 15) is 14.4 Å². The van der Waals surface area contributed by atoms with E-state index < -0.39 is 5.25 Å². The van der Waals surface area contributed by atoms with Crippen molar-refractivity contribution in [1.82, 2.24) is 15.6 Å². The van der Waals surface area contributed by atoms with Gasteiger partial charge in [0, 0.05) is 17.8 Å². The summed E-state index contributed by atoms with van der Waals surface area (Å²) < 4.78 is 5.27. The van der Waals surface area contributed by atoms with Crippen LogP contribution in [0.2, 0.25) is 0 Å². The average Bonchev–Trinajstić information content (AvgIpc) is 2.98. The Morgan fingerprint density at radius 2 is 2.00 bits per heavy atom. The maximum atomic E-state index is 12.4. The molecule has 1 aliphatic heterocycles. The fourth-order valence-electron chi connectivity index (χ4n) is 2.77. The number of carbonyl (C=O) groups excluding carboxylic acids is 3. The number of nitrogens with one attached hydrogen (secondary N) is 2. The summed E-state index contributed by atoms with van der Waals surface area (Å²) in [5.74, 6) is 0.126. The average molecular weight is 385 g/mol. The second-order valence-corrected chi connectivity index (χ2v) is 7.20. The third-order valence-corrected chi connectivity index (χ3v) is 5.21. The second kappa shape index (κ2) is 8.22. The van der Waals surface area contributed by atoms with E-state index in [1.807, 2.05) is 24.3 Å². The first-order valence-electron chi connectivity index (χ1n) is 8.36. The summed E-state index contributed by atoms with van der Waals surface area (Å²) in [7, 11) is 1.58. The van der Waals surface area contributed by atoms with Crippen LogP contribution in [0, 0.1) is 6.92 Å². The summed E-state index contributed by atoms with van der Waals surface area (Å²) in [6, 6.07) is 10.9. The van der Waals surface area contributed by atoms with Crippen molar-refractivity contribution >= 4 is 28.8 Å². The number of aromatic nitrogens is 1. The maximum Gasteiger partial charge on any atom is 0.286 e. The molecule has 2 aromatic rings. The molecule has 8 heteroatoms. The molecular weight excluding hydrogens is 366 g/mol. The van der Waals surface area contributed by atoms with Crippen LogP contribution < -0.4 is 15.4 Å². The van der Waals surface area contributed by atoms with E-state index in [0.29, 0.717) is 30.1 Å². The zero-order chi connectivity index (χ0) is 19.4. The van der Waals surface area contributed by atoms with Gasteiger partial charge in [0.25, 0.3) is 11.1 Å². The summed E-state index contributed by atoms with van der Waals surface area (Å²) in [4.78, 5) is 39.7. The molecule has 0 aliphatic carbocycles. The normalized spacial score (nSPS) is 16.1. The van der Waals surface area contributed by atoms with E-state index in [2.05, 4.69) is 15.6 Å². The van der Waals surface area contributed by atoms with Gasteiger partial charge in [0.2, 0.25) is 5.91 Å². The Morgan fingerprint density at radius 3 is 2.67 bits per heavy atom. The molecule has 3 rings (SSSR count). The van der Waals surface area contributed by atoms with Crippen molar-refractivity contribution in [2.24, 2.45) is 0 Å². The summed E-state index contributed by atoms with van der Waals surface area (Å²) in [5.41, 5.74) is 2.66. The van der Waals surface area contributed by atoms with Crippen molar-refractivity contribution in [2.45, 2.75) is 25.1 Å². The van der Waals surface area contributed by atoms with Crippen molar-refractivity contribution in [3.05, 3.63) is 58.9 Å². The zero-order valence-electron chi connectivity index (χ0n) is 14.9. The maximum absolute atomic E-state index is 12.4. The number of nitrogens with zero attached hydrogens (tertiary/aromatic N) is 1. The summed E-state index contributed by atoms with van der Waals surface area (Å²) in [6.45, 7) is 2.11. The Morgan fingerprint density at radius 1 is 1.22 bits per heavy atom. The molecule has 7 nitrogen and oxygen atoms in total. The van der Waals surface area contributed by atoms with E-state index in [1.54, 1.807) is 26.2 Å². The molecule has 0 bridgehead atoms. The molecule has 27 heavy (non-hydrogen) atoms. The molecular formula is C19H19N3O4S. The molecule has 1 saturated heterocycles. The minimum atomic E-state index is -0.455. The van der Waals surface area contributed by atoms with Crippen LogP contribution >= 0.6 is 11.8 Å². The van der Waals surface area contributed by atoms with Crippen molar-refractivity contribution in [3.63, 3.8) is 0 Å². The SMILES string of the molecule is COc1ccccc1CNC(=O)c1ccc(CC2SC(=O)NC2=O)c(C)n1. The number of aryl methyl sites for hydroxylation is 1. The molecule has 3 amide bonds. The van der Waals surface area contributed by atoms with Gasteiger partial charge in [-0.2, -0.15) is 0 Å². The van der Waals surface area contributed by atoms with Gasteiger partial charge in [0.05, 0.1) is 12.4 Å². The van der Waals surface area contributed by atoms with Gasteiger partial charge < -0.3 is 10.1 Å². The molecule has 1 atom stereocenters. The first-order valence-corrected chi connectivity index (χ1v) is 9.24. The number of amides is 3. The lowest BCUT2D eigenvalue weighted by Crippen LogP contribution is -2.26. The highest BCUT2D eigenvalue weighted by Gasteiger charge is 2.32. The van der Waals surface area contributed by atoms with Crippen molar-refractivity contribution in [2.75, 3.05) is 7.11 Å². The number of imide groups is 1. The monoisotopic (exact) mass is 385 g/mol. The number of methoxy groups -OCH3 is 1. The summed E-state index contributed by atoms with van der Waals surface area (Å²) >= 11 is 0.978. The van der Waals surface area contributed by atoms with E-state index in [-0.39, 0.29) is 17.1 Å². The van der Waals surface area contributed by atoms with Crippen LogP contribution in [0.3, 0.4) is 0 Å². The number of rotatable bonds is 6. The molecule has 1 aliphatic rings. The van der Waals surface area contributed by atoms with Crippen LogP contribution in [0.1, 0.15) is 27.3 Å². The highest BCUT2D eigenvalue weighted by Crippen LogP contribution is 2.24. The van der Waals surface area contributed by atoms with Gasteiger partial charge in [-0.05, 0) is 31.0 Å². The molecule has 1 aromatic carbocycles. The van der Waals surface area contributed by atoms with Crippen molar-refractivity contribution < 1.29 is 19.1 Å². The Kier molecular flexibility index (Phi) is 5.75. The first-order chi connectivity index (χ1) is 13.0. The van der Waals surface area contributed by atoms with Crippen LogP contribution in [0.5, 0.6) is 5.75 Å². The lowest BCUT2D eigenvalue weighted by atomic mass is 10.1. The van der Waals surface area contributed by atoms with Crippen molar-refractivity contribution in [3.8, 4) is 5.75 Å². The van der Waals surface area contributed by atoms with Gasteiger partial charge in [0.15, 0.2) is 0 Å². The van der Waals surface area contributed by atoms with E-state index >= 15 is 0 Å². The van der Waals surface area contributed by atoms with E-state index in [4.69, 9.17) is 4.74 Å². The minimum absolute atomic E-state index is 0.289. The van der Waals surface area contributed by atoms with Gasteiger partial charge in [-0.1, -0.05) is 36.0 Å². The lowest BCUT2D eigenvalue weighted by Gasteiger charge is -2.11. The van der Waals surface area contributed by atoms with Crippen LogP contribution in [0.15, 0.2) is 36.4 Å². The fourth-order valence-corrected chi connectivity index (χ4v) is 3.62. The number of hydrogen-bond acceptors (Lipinski definition) is 6. The Hall–Kier alpha value is -2.87. The van der Waals surface area contributed by atoms with Crippen LogP contribution in [0.4, 0.5) is 4.79 Å². The largest absolute Gasteiger partial charge is 0.496 e. The van der Waals surface area contributed by atoms with Crippen molar-refractivity contribution in [1.29, 1.82) is 0 Å². The quantitative estimate of drug-likeness (QED) is 0.791. The number of hydrogen-bond donors (Lipinski definition) is 2. The number of pyridine rings is 1. The third-order valence-electron chi connectivity index (χ3n) is 4.23. The van der Waals surface area contributed by atoms with Crippen LogP contribution in [-0.4, -0.2) is 34.4 Å². The van der Waals surface area contributed by atoms with Gasteiger partial charge in [-0.3, -0.25) is 19.7 Å². The Balaban J connectivity index is 1.65. The minimum Gasteiger partial charge on any atom is -0.496 e. The number of thioether (sulfide) groups is 1. The van der Waals surface area contributed by atoms with Gasteiger partial charge in [-0.25, -0.2) is 4.98 Å². The smallest absolute Gasteiger partial charge is 0.286 e. The number of carbonyl (C=O) groups is 3. The Labute approximate surface area is 160 Å². The third kappa shape index (κ3) is 4.46. The van der Waals surface area contributed by atoms with E-state index in [0.717, 1.165) is 22.9 Å². The molecule has 0 radical (unpaired) electrons. The fraction of sp³-hybridized carbons (Fsp3) is 0.263. The molecule has 1 unspecified atom stereocenters. The van der Waals surface area contributed by atoms with E-state index in [1.165, 1.54) is 0 Å². The molecule has 1 fully saturated rings. The number of para-hydroxylation sites is 1. The highest BCUT2D eigenvalue weighted by molar-refractivity contribution is 8.15. The van der Waals surface area contributed by atoms with Gasteiger partial charge in [-0.15, -0.1) is 0 Å². The lowest BCUT2D eigenvalue weighted by molar-refractivity contribution is -0.118. The van der Waals surface area contributed by atoms with Gasteiger partial charge >= 0.3 is 0 Å². The molecule has 140 valence electrons. The highest BCUT2D eigenvalue weighted by atomic mass is 32.2. The molecule has 2 heterocycles. The molecule has 0 spiro atoms. The summed E-state index contributed by atoms with van der Waals surface area (Å²) in [6.07, 6.45) is 0.393. The van der Waals surface area contributed by atoms with Crippen LogP contribution in [-0.2, 0) is 17.8 Å².